The van der Waals surface area contributed by atoms with Crippen molar-refractivity contribution in [2.75, 3.05) is 12.0 Å². The Hall–Kier alpha value is -2.37. The standard InChI is InChI=1S/C19H15NO2S2/c1-22-16-11-6-10-15(13-16)20-18(21)17(24-19(20)23)12-5-9-14-7-3-2-4-8-14/h2-13H,1H3/b9-5+,17-12-. The Morgan fingerprint density at radius 3 is 2.67 bits per heavy atom. The number of hydrogen-bond acceptors (Lipinski definition) is 4. The van der Waals surface area contributed by atoms with Crippen molar-refractivity contribution in [3.8, 4) is 5.75 Å². The largest absolute Gasteiger partial charge is 0.497 e. The van der Waals surface area contributed by atoms with E-state index in [1.54, 1.807) is 19.3 Å². The predicted octanol–water partition coefficient (Wildman–Crippen LogP) is 4.66. The Balaban J connectivity index is 1.81. The monoisotopic (exact) mass is 353 g/mol. The first kappa shape index (κ1) is 16.5. The van der Waals surface area contributed by atoms with Crippen LogP contribution in [0.15, 0.2) is 71.7 Å². The third-order valence-electron chi connectivity index (χ3n) is 3.44. The predicted molar refractivity (Wildman–Crippen MR) is 104 cm³/mol. The molecule has 1 aliphatic heterocycles. The summed E-state index contributed by atoms with van der Waals surface area (Å²) in [5, 5.41) is 0. The van der Waals surface area contributed by atoms with Gasteiger partial charge in [-0.25, -0.2) is 0 Å². The highest BCUT2D eigenvalue weighted by Gasteiger charge is 2.33. The van der Waals surface area contributed by atoms with Gasteiger partial charge in [0.25, 0.3) is 5.91 Å². The summed E-state index contributed by atoms with van der Waals surface area (Å²) in [6.45, 7) is 0. The minimum atomic E-state index is -0.115. The van der Waals surface area contributed by atoms with Crippen molar-refractivity contribution in [1.82, 2.24) is 0 Å². The highest BCUT2D eigenvalue weighted by atomic mass is 32.2. The second kappa shape index (κ2) is 7.47. The Labute approximate surface area is 150 Å². The third kappa shape index (κ3) is 3.58. The van der Waals surface area contributed by atoms with E-state index in [0.717, 1.165) is 5.56 Å². The number of allylic oxidation sites excluding steroid dienone is 2. The molecule has 0 radical (unpaired) electrons. The number of amides is 1. The fraction of sp³-hybridized carbons (Fsp3) is 0.0526. The molecule has 1 aliphatic rings. The zero-order valence-corrected chi connectivity index (χ0v) is 14.6. The molecule has 0 spiro atoms. The number of benzene rings is 2. The summed E-state index contributed by atoms with van der Waals surface area (Å²) in [5.74, 6) is 0.575. The number of hydrogen-bond donors (Lipinski definition) is 0. The van der Waals surface area contributed by atoms with Gasteiger partial charge in [0.05, 0.1) is 17.7 Å². The molecule has 3 nitrogen and oxygen atoms in total. The Kier molecular flexibility index (Phi) is 5.13. The molecule has 3 rings (SSSR count). The van der Waals surface area contributed by atoms with Gasteiger partial charge in [-0.05, 0) is 23.8 Å². The minimum absolute atomic E-state index is 0.115. The van der Waals surface area contributed by atoms with E-state index in [1.165, 1.54) is 16.7 Å². The fourth-order valence-electron chi connectivity index (χ4n) is 2.26. The summed E-state index contributed by atoms with van der Waals surface area (Å²) in [6.07, 6.45) is 5.62. The Morgan fingerprint density at radius 2 is 1.92 bits per heavy atom. The van der Waals surface area contributed by atoms with Gasteiger partial charge in [-0.3, -0.25) is 9.69 Å². The lowest BCUT2D eigenvalue weighted by molar-refractivity contribution is -0.113. The average molecular weight is 353 g/mol. The zero-order valence-electron chi connectivity index (χ0n) is 13.0. The molecule has 0 N–H and O–H groups in total. The number of thiocarbonyl (C=S) groups is 1. The molecule has 0 unspecified atom stereocenters. The molecule has 1 fully saturated rings. The summed E-state index contributed by atoms with van der Waals surface area (Å²) in [6, 6.07) is 17.2. The van der Waals surface area contributed by atoms with Crippen LogP contribution in [-0.2, 0) is 4.79 Å². The van der Waals surface area contributed by atoms with Crippen LogP contribution in [0.5, 0.6) is 5.75 Å². The van der Waals surface area contributed by atoms with Crippen LogP contribution in [-0.4, -0.2) is 17.3 Å². The highest BCUT2D eigenvalue weighted by molar-refractivity contribution is 8.27. The maximum atomic E-state index is 12.6. The van der Waals surface area contributed by atoms with E-state index in [2.05, 4.69) is 0 Å². The maximum Gasteiger partial charge on any atom is 0.270 e. The topological polar surface area (TPSA) is 29.5 Å². The van der Waals surface area contributed by atoms with Gasteiger partial charge >= 0.3 is 0 Å². The summed E-state index contributed by atoms with van der Waals surface area (Å²) in [5.41, 5.74) is 1.80. The van der Waals surface area contributed by atoms with Gasteiger partial charge in [0.15, 0.2) is 4.32 Å². The molecular formula is C19H15NO2S2. The van der Waals surface area contributed by atoms with Gasteiger partial charge in [0.2, 0.25) is 0 Å². The number of nitrogens with zero attached hydrogens (tertiary/aromatic N) is 1. The van der Waals surface area contributed by atoms with Crippen LogP contribution in [0.25, 0.3) is 6.08 Å². The summed E-state index contributed by atoms with van der Waals surface area (Å²) in [4.78, 5) is 14.8. The van der Waals surface area contributed by atoms with E-state index in [-0.39, 0.29) is 5.91 Å². The molecule has 120 valence electrons. The quantitative estimate of drug-likeness (QED) is 0.591. The van der Waals surface area contributed by atoms with Gasteiger partial charge in [-0.1, -0.05) is 72.5 Å². The van der Waals surface area contributed by atoms with Crippen LogP contribution >= 0.6 is 24.0 Å². The first-order chi connectivity index (χ1) is 11.7. The van der Waals surface area contributed by atoms with Crippen LogP contribution in [0.3, 0.4) is 0 Å². The van der Waals surface area contributed by atoms with Gasteiger partial charge in [0, 0.05) is 6.07 Å². The first-order valence-electron chi connectivity index (χ1n) is 7.33. The fourth-order valence-corrected chi connectivity index (χ4v) is 3.52. The minimum Gasteiger partial charge on any atom is -0.497 e. The lowest BCUT2D eigenvalue weighted by Crippen LogP contribution is -2.27. The van der Waals surface area contributed by atoms with Crippen molar-refractivity contribution in [3.05, 3.63) is 77.2 Å². The molecule has 0 atom stereocenters. The van der Waals surface area contributed by atoms with Gasteiger partial charge < -0.3 is 4.74 Å². The third-order valence-corrected chi connectivity index (χ3v) is 4.76. The van der Waals surface area contributed by atoms with Gasteiger partial charge in [-0.15, -0.1) is 0 Å². The lowest BCUT2D eigenvalue weighted by atomic mass is 10.2. The zero-order chi connectivity index (χ0) is 16.9. The van der Waals surface area contributed by atoms with Crippen LogP contribution in [0, 0.1) is 0 Å². The number of rotatable bonds is 4. The van der Waals surface area contributed by atoms with Crippen molar-refractivity contribution in [1.29, 1.82) is 0 Å². The van der Waals surface area contributed by atoms with E-state index in [4.69, 9.17) is 17.0 Å². The van der Waals surface area contributed by atoms with Crippen molar-refractivity contribution in [2.24, 2.45) is 0 Å². The lowest BCUT2D eigenvalue weighted by Gasteiger charge is -2.15. The number of ether oxygens (including phenoxy) is 1. The normalized spacial score (nSPS) is 16.4. The molecule has 1 heterocycles. The van der Waals surface area contributed by atoms with E-state index >= 15 is 0 Å². The summed E-state index contributed by atoms with van der Waals surface area (Å²) < 4.78 is 5.73. The number of methoxy groups -OCH3 is 1. The molecule has 24 heavy (non-hydrogen) atoms. The summed E-state index contributed by atoms with van der Waals surface area (Å²) >= 11 is 6.66. The molecule has 5 heteroatoms. The van der Waals surface area contributed by atoms with Gasteiger partial charge in [-0.2, -0.15) is 0 Å². The summed E-state index contributed by atoms with van der Waals surface area (Å²) in [7, 11) is 1.59. The van der Waals surface area contributed by atoms with Gasteiger partial charge in [0.1, 0.15) is 5.75 Å². The highest BCUT2D eigenvalue weighted by Crippen LogP contribution is 2.35. The number of anilines is 1. The van der Waals surface area contributed by atoms with Crippen LogP contribution in [0.1, 0.15) is 5.56 Å². The molecule has 2 aromatic rings. The number of carbonyl (C=O) groups is 1. The van der Waals surface area contributed by atoms with E-state index in [0.29, 0.717) is 20.7 Å². The molecule has 0 bridgehead atoms. The van der Waals surface area contributed by atoms with Crippen molar-refractivity contribution in [3.63, 3.8) is 0 Å². The Bertz CT molecular complexity index is 828. The Morgan fingerprint density at radius 1 is 1.12 bits per heavy atom. The first-order valence-corrected chi connectivity index (χ1v) is 8.55. The molecule has 1 saturated heterocycles. The van der Waals surface area contributed by atoms with E-state index < -0.39 is 0 Å². The average Bonchev–Trinajstić information content (AvgIpc) is 2.90. The van der Waals surface area contributed by atoms with E-state index in [1.807, 2.05) is 60.7 Å². The van der Waals surface area contributed by atoms with Crippen LogP contribution in [0.2, 0.25) is 0 Å². The molecule has 0 aliphatic carbocycles. The second-order valence-corrected chi connectivity index (χ2v) is 6.69. The molecule has 0 aromatic heterocycles. The van der Waals surface area contributed by atoms with Crippen LogP contribution < -0.4 is 9.64 Å². The maximum absolute atomic E-state index is 12.6. The van der Waals surface area contributed by atoms with Crippen molar-refractivity contribution >= 4 is 46.0 Å². The molecular weight excluding hydrogens is 338 g/mol. The molecule has 1 amide bonds. The molecule has 2 aromatic carbocycles. The van der Waals surface area contributed by atoms with E-state index in [9.17, 15) is 4.79 Å². The second-order valence-electron chi connectivity index (χ2n) is 5.01. The SMILES string of the molecule is COc1cccc(N2C(=O)/C(=C/C=C/c3ccccc3)SC2=S)c1. The number of carbonyl (C=O) groups excluding carboxylic acids is 1. The van der Waals surface area contributed by atoms with Crippen molar-refractivity contribution in [2.45, 2.75) is 0 Å². The van der Waals surface area contributed by atoms with Crippen LogP contribution in [0.4, 0.5) is 5.69 Å². The molecule has 0 saturated carbocycles. The smallest absolute Gasteiger partial charge is 0.270 e. The van der Waals surface area contributed by atoms with Crippen molar-refractivity contribution < 1.29 is 9.53 Å². The number of thioether (sulfide) groups is 1.